The van der Waals surface area contributed by atoms with Crippen LogP contribution in [0.1, 0.15) is 12.5 Å². The van der Waals surface area contributed by atoms with Crippen LogP contribution >= 0.6 is 24.0 Å². The summed E-state index contributed by atoms with van der Waals surface area (Å²) >= 11 is 5.60. The Hall–Kier alpha value is -2.92. The quantitative estimate of drug-likeness (QED) is 0.350. The fourth-order valence-corrected chi connectivity index (χ4v) is 3.55. The summed E-state index contributed by atoms with van der Waals surface area (Å²) in [4.78, 5) is 25.7. The molecular weight excluding hydrogens is 434 g/mol. The molecular formula is C19H18F2N4O3S2. The summed E-state index contributed by atoms with van der Waals surface area (Å²) in [6, 6.07) is 12.2. The number of anilines is 1. The van der Waals surface area contributed by atoms with Crippen LogP contribution in [0.25, 0.3) is 0 Å². The zero-order valence-corrected chi connectivity index (χ0v) is 17.6. The van der Waals surface area contributed by atoms with Gasteiger partial charge >= 0.3 is 6.03 Å². The number of halogens is 2. The maximum absolute atomic E-state index is 12.9. The number of ether oxygens (including phenoxy) is 1. The van der Waals surface area contributed by atoms with Crippen molar-refractivity contribution in [1.29, 1.82) is 0 Å². The third kappa shape index (κ3) is 4.62. The van der Waals surface area contributed by atoms with E-state index in [-0.39, 0.29) is 5.11 Å². The van der Waals surface area contributed by atoms with Crippen molar-refractivity contribution in [3.05, 3.63) is 54.1 Å². The smallest absolute Gasteiger partial charge is 0.344 e. The summed E-state index contributed by atoms with van der Waals surface area (Å²) in [6.07, 6.45) is 0. The number of amides is 3. The van der Waals surface area contributed by atoms with E-state index in [0.717, 1.165) is 5.01 Å². The number of hydrogen-bond acceptors (Lipinski definition) is 5. The summed E-state index contributed by atoms with van der Waals surface area (Å²) in [5.41, 5.74) is 2.38. The Kier molecular flexibility index (Phi) is 6.42. The van der Waals surface area contributed by atoms with Crippen LogP contribution in [0.15, 0.2) is 53.4 Å². The number of hydrazine groups is 1. The molecule has 1 heterocycles. The third-order valence-electron chi connectivity index (χ3n) is 4.41. The first-order chi connectivity index (χ1) is 14.2. The second-order valence-electron chi connectivity index (χ2n) is 6.39. The van der Waals surface area contributed by atoms with Crippen molar-refractivity contribution in [3.63, 3.8) is 0 Å². The number of nitrogens with zero attached hydrogens (tertiary/aromatic N) is 1. The molecule has 3 amide bonds. The van der Waals surface area contributed by atoms with Gasteiger partial charge in [0, 0.05) is 10.6 Å². The number of hydrogen-bond donors (Lipinski definition) is 3. The number of carbonyl (C=O) groups excluding carboxylic acids is 2. The van der Waals surface area contributed by atoms with E-state index in [1.165, 1.54) is 19.2 Å². The van der Waals surface area contributed by atoms with Gasteiger partial charge in [-0.1, -0.05) is 23.9 Å². The molecule has 7 nitrogen and oxygen atoms in total. The number of alkyl halides is 2. The molecule has 1 fully saturated rings. The Balaban J connectivity index is 1.66. The van der Waals surface area contributed by atoms with Crippen molar-refractivity contribution in [3.8, 4) is 5.75 Å². The lowest BCUT2D eigenvalue weighted by Crippen LogP contribution is -2.49. The van der Waals surface area contributed by atoms with Gasteiger partial charge in [0.25, 0.3) is 11.7 Å². The van der Waals surface area contributed by atoms with Gasteiger partial charge in [-0.05, 0) is 61.1 Å². The molecule has 158 valence electrons. The van der Waals surface area contributed by atoms with Crippen LogP contribution in [0, 0.1) is 0 Å². The molecule has 0 aromatic heterocycles. The molecule has 0 saturated carbocycles. The van der Waals surface area contributed by atoms with E-state index in [9.17, 15) is 18.4 Å². The van der Waals surface area contributed by atoms with Crippen LogP contribution in [-0.4, -0.2) is 34.9 Å². The molecule has 1 atom stereocenters. The van der Waals surface area contributed by atoms with E-state index in [4.69, 9.17) is 17.0 Å². The highest BCUT2D eigenvalue weighted by Crippen LogP contribution is 2.29. The van der Waals surface area contributed by atoms with Crippen molar-refractivity contribution in [2.75, 3.05) is 12.4 Å². The summed E-state index contributed by atoms with van der Waals surface area (Å²) in [5.74, 6) is -2.42. The van der Waals surface area contributed by atoms with Gasteiger partial charge in [0.05, 0.1) is 7.11 Å². The normalized spacial score (nSPS) is 18.4. The molecule has 1 aliphatic heterocycles. The van der Waals surface area contributed by atoms with Crippen LogP contribution in [-0.2, 0) is 10.3 Å². The molecule has 0 unspecified atom stereocenters. The second kappa shape index (κ2) is 8.84. The lowest BCUT2D eigenvalue weighted by molar-refractivity contribution is -0.132. The topological polar surface area (TPSA) is 82.7 Å². The Morgan fingerprint density at radius 2 is 1.80 bits per heavy atom. The van der Waals surface area contributed by atoms with Crippen molar-refractivity contribution in [1.82, 2.24) is 15.8 Å². The maximum Gasteiger partial charge on any atom is 0.344 e. The van der Waals surface area contributed by atoms with E-state index in [1.807, 2.05) is 0 Å². The molecule has 0 radical (unpaired) electrons. The minimum Gasteiger partial charge on any atom is -0.497 e. The second-order valence-corrected chi connectivity index (χ2v) is 7.86. The van der Waals surface area contributed by atoms with Crippen molar-refractivity contribution >= 4 is 46.7 Å². The fraction of sp³-hybridized carbons (Fsp3) is 0.211. The number of nitrogens with one attached hydrogen (secondary N) is 3. The number of rotatable bonds is 6. The Labute approximate surface area is 181 Å². The zero-order valence-electron chi connectivity index (χ0n) is 15.9. The summed E-state index contributed by atoms with van der Waals surface area (Å²) in [7, 11) is 1.53. The van der Waals surface area contributed by atoms with Gasteiger partial charge in [0.1, 0.15) is 11.3 Å². The minimum absolute atomic E-state index is 0.00764. The van der Waals surface area contributed by atoms with E-state index in [0.29, 0.717) is 33.7 Å². The average Bonchev–Trinajstić information content (AvgIpc) is 2.93. The number of urea groups is 1. The molecule has 3 rings (SSSR count). The molecule has 0 bridgehead atoms. The van der Waals surface area contributed by atoms with Crippen molar-refractivity contribution in [2.45, 2.75) is 23.1 Å². The van der Waals surface area contributed by atoms with Crippen molar-refractivity contribution in [2.24, 2.45) is 0 Å². The molecule has 3 N–H and O–H groups in total. The first kappa shape index (κ1) is 21.8. The summed E-state index contributed by atoms with van der Waals surface area (Å²) in [5, 5.41) is 6.24. The van der Waals surface area contributed by atoms with Crippen LogP contribution in [0.3, 0.4) is 0 Å². The molecule has 11 heteroatoms. The number of benzene rings is 2. The molecule has 2 aromatic rings. The largest absolute Gasteiger partial charge is 0.497 e. The molecule has 1 saturated heterocycles. The number of thiocarbonyl (C=S) groups is 1. The van der Waals surface area contributed by atoms with Crippen LogP contribution in [0.2, 0.25) is 0 Å². The Bertz CT molecular complexity index is 957. The lowest BCUT2D eigenvalue weighted by Gasteiger charge is -2.23. The minimum atomic E-state index is -2.51. The SMILES string of the molecule is COc1ccc([C@@]2(C)NC(=O)N(NC(=S)Nc3ccc(SC(F)F)cc3)C2=O)cc1. The van der Waals surface area contributed by atoms with Gasteiger partial charge in [-0.2, -0.15) is 13.8 Å². The summed E-state index contributed by atoms with van der Waals surface area (Å²) in [6.45, 7) is 1.59. The highest BCUT2D eigenvalue weighted by atomic mass is 32.2. The average molecular weight is 453 g/mol. The van der Waals surface area contributed by atoms with Crippen molar-refractivity contribution < 1.29 is 23.1 Å². The van der Waals surface area contributed by atoms with Crippen LogP contribution in [0.5, 0.6) is 5.75 Å². The van der Waals surface area contributed by atoms with E-state index < -0.39 is 23.2 Å². The predicted octanol–water partition coefficient (Wildman–Crippen LogP) is 3.68. The first-order valence-corrected chi connectivity index (χ1v) is 9.95. The number of carbonyl (C=O) groups is 2. The van der Waals surface area contributed by atoms with Crippen LogP contribution in [0.4, 0.5) is 19.3 Å². The standard InChI is InChI=1S/C19H18F2N4O3S2/c1-19(11-3-7-13(28-2)8-4-11)15(26)25(18(27)23-19)24-17(29)22-12-5-9-14(10-6-12)30-16(20)21/h3-10,16H,1-2H3,(H,23,27)(H2,22,24,29)/t19-/m1/s1. The monoisotopic (exact) mass is 452 g/mol. The van der Waals surface area contributed by atoms with E-state index in [1.54, 1.807) is 43.3 Å². The van der Waals surface area contributed by atoms with E-state index >= 15 is 0 Å². The lowest BCUT2D eigenvalue weighted by atomic mass is 9.92. The molecule has 0 aliphatic carbocycles. The predicted molar refractivity (Wildman–Crippen MR) is 113 cm³/mol. The zero-order chi connectivity index (χ0) is 21.9. The van der Waals surface area contributed by atoms with Gasteiger partial charge in [-0.15, -0.1) is 0 Å². The van der Waals surface area contributed by atoms with Crippen LogP contribution < -0.4 is 20.8 Å². The van der Waals surface area contributed by atoms with Gasteiger partial charge < -0.3 is 15.4 Å². The number of imide groups is 1. The van der Waals surface area contributed by atoms with E-state index in [2.05, 4.69) is 16.1 Å². The van der Waals surface area contributed by atoms with Gasteiger partial charge in [0.2, 0.25) is 0 Å². The molecule has 1 aliphatic rings. The first-order valence-electron chi connectivity index (χ1n) is 8.66. The van der Waals surface area contributed by atoms with Gasteiger partial charge in [-0.3, -0.25) is 10.2 Å². The number of methoxy groups -OCH3 is 1. The molecule has 0 spiro atoms. The highest BCUT2D eigenvalue weighted by molar-refractivity contribution is 7.99. The third-order valence-corrected chi connectivity index (χ3v) is 5.32. The number of thioether (sulfide) groups is 1. The van der Waals surface area contributed by atoms with Gasteiger partial charge in [-0.25, -0.2) is 4.79 Å². The molecule has 30 heavy (non-hydrogen) atoms. The summed E-state index contributed by atoms with van der Waals surface area (Å²) < 4.78 is 29.9. The van der Waals surface area contributed by atoms with Gasteiger partial charge in [0.15, 0.2) is 5.11 Å². The maximum atomic E-state index is 12.9. The highest BCUT2D eigenvalue weighted by Gasteiger charge is 2.49. The molecule has 2 aromatic carbocycles. The Morgan fingerprint density at radius 3 is 2.37 bits per heavy atom. The fourth-order valence-electron chi connectivity index (χ4n) is 2.84. The Morgan fingerprint density at radius 1 is 1.17 bits per heavy atom.